The summed E-state index contributed by atoms with van der Waals surface area (Å²) in [5, 5.41) is 19.0. The number of phenolic OH excluding ortho intramolecular Hbond substituents is 2. The molecule has 1 aliphatic carbocycles. The van der Waals surface area contributed by atoms with Crippen molar-refractivity contribution in [3.8, 4) is 11.5 Å². The van der Waals surface area contributed by atoms with Gasteiger partial charge in [-0.1, -0.05) is 6.42 Å². The van der Waals surface area contributed by atoms with E-state index in [4.69, 9.17) is 5.73 Å². The van der Waals surface area contributed by atoms with E-state index in [9.17, 15) is 15.0 Å². The van der Waals surface area contributed by atoms with Crippen LogP contribution >= 0.6 is 0 Å². The molecule has 2 atom stereocenters. The van der Waals surface area contributed by atoms with Crippen molar-refractivity contribution >= 4 is 5.91 Å². The van der Waals surface area contributed by atoms with Crippen LogP contribution in [0.4, 0.5) is 0 Å². The first-order valence-electron chi connectivity index (χ1n) is 6.53. The van der Waals surface area contributed by atoms with Crippen LogP contribution in [0.3, 0.4) is 0 Å². The predicted octanol–water partition coefficient (Wildman–Crippen LogP) is 1.30. The van der Waals surface area contributed by atoms with Gasteiger partial charge in [0.15, 0.2) is 0 Å². The van der Waals surface area contributed by atoms with E-state index in [0.717, 1.165) is 19.3 Å². The van der Waals surface area contributed by atoms with Gasteiger partial charge >= 0.3 is 0 Å². The van der Waals surface area contributed by atoms with Crippen LogP contribution < -0.4 is 5.73 Å². The third kappa shape index (κ3) is 2.66. The van der Waals surface area contributed by atoms with Crippen LogP contribution in [0, 0.1) is 5.92 Å². The molecule has 5 nitrogen and oxygen atoms in total. The van der Waals surface area contributed by atoms with Gasteiger partial charge in [-0.05, 0) is 37.4 Å². The second-order valence-corrected chi connectivity index (χ2v) is 5.11. The quantitative estimate of drug-likeness (QED) is 0.768. The molecule has 4 N–H and O–H groups in total. The van der Waals surface area contributed by atoms with Crippen LogP contribution in [-0.2, 0) is 0 Å². The number of hydrogen-bond acceptors (Lipinski definition) is 4. The van der Waals surface area contributed by atoms with Crippen LogP contribution in [0.15, 0.2) is 18.2 Å². The first-order valence-corrected chi connectivity index (χ1v) is 6.53. The zero-order valence-corrected chi connectivity index (χ0v) is 11.0. The Hall–Kier alpha value is -1.75. The van der Waals surface area contributed by atoms with Crippen LogP contribution in [0.25, 0.3) is 0 Å². The fourth-order valence-corrected chi connectivity index (χ4v) is 2.84. The largest absolute Gasteiger partial charge is 0.508 e. The Morgan fingerprint density at radius 3 is 2.79 bits per heavy atom. The Kier molecular flexibility index (Phi) is 3.95. The zero-order chi connectivity index (χ0) is 14.0. The molecule has 5 heteroatoms. The Morgan fingerprint density at radius 1 is 1.42 bits per heavy atom. The van der Waals surface area contributed by atoms with Crippen molar-refractivity contribution in [1.82, 2.24) is 4.90 Å². The molecule has 1 saturated carbocycles. The van der Waals surface area contributed by atoms with Gasteiger partial charge in [-0.15, -0.1) is 0 Å². The van der Waals surface area contributed by atoms with E-state index in [2.05, 4.69) is 0 Å². The van der Waals surface area contributed by atoms with Gasteiger partial charge in [0.2, 0.25) is 0 Å². The molecule has 2 rings (SSSR count). The highest BCUT2D eigenvalue weighted by Crippen LogP contribution is 2.31. The highest BCUT2D eigenvalue weighted by atomic mass is 16.3. The third-order valence-corrected chi connectivity index (χ3v) is 3.95. The highest BCUT2D eigenvalue weighted by Gasteiger charge is 2.32. The first kappa shape index (κ1) is 13.7. The van der Waals surface area contributed by atoms with Crippen LogP contribution in [0.2, 0.25) is 0 Å². The van der Waals surface area contributed by atoms with Crippen LogP contribution in [0.1, 0.15) is 29.6 Å². The molecule has 0 radical (unpaired) electrons. The van der Waals surface area contributed by atoms with Gasteiger partial charge in [-0.25, -0.2) is 0 Å². The number of benzene rings is 1. The fourth-order valence-electron chi connectivity index (χ4n) is 2.84. The van der Waals surface area contributed by atoms with E-state index in [1.165, 1.54) is 18.2 Å². The van der Waals surface area contributed by atoms with Crippen LogP contribution in [0.5, 0.6) is 11.5 Å². The Balaban J connectivity index is 2.19. The van der Waals surface area contributed by atoms with Gasteiger partial charge in [0.05, 0.1) is 5.56 Å². The second-order valence-electron chi connectivity index (χ2n) is 5.11. The number of phenols is 2. The van der Waals surface area contributed by atoms with Crippen LogP contribution in [-0.4, -0.2) is 40.7 Å². The molecule has 1 aromatic carbocycles. The first-order chi connectivity index (χ1) is 9.04. The van der Waals surface area contributed by atoms with Gasteiger partial charge in [-0.3, -0.25) is 4.79 Å². The Morgan fingerprint density at radius 2 is 2.16 bits per heavy atom. The predicted molar refractivity (Wildman–Crippen MR) is 72.0 cm³/mol. The van der Waals surface area contributed by atoms with E-state index in [1.807, 2.05) is 0 Å². The van der Waals surface area contributed by atoms with E-state index >= 15 is 0 Å². The lowest BCUT2D eigenvalue weighted by Crippen LogP contribution is -2.41. The summed E-state index contributed by atoms with van der Waals surface area (Å²) in [7, 11) is 1.74. The lowest BCUT2D eigenvalue weighted by molar-refractivity contribution is 0.0697. The average molecular weight is 264 g/mol. The van der Waals surface area contributed by atoms with E-state index in [1.54, 1.807) is 11.9 Å². The second kappa shape index (κ2) is 5.48. The summed E-state index contributed by atoms with van der Waals surface area (Å²) in [5.74, 6) is -0.160. The number of carbonyl (C=O) groups excluding carboxylic acids is 1. The molecule has 1 aliphatic rings. The molecular weight excluding hydrogens is 244 g/mol. The summed E-state index contributed by atoms with van der Waals surface area (Å²) in [6, 6.07) is 4.15. The summed E-state index contributed by atoms with van der Waals surface area (Å²) < 4.78 is 0. The maximum atomic E-state index is 12.4. The lowest BCUT2D eigenvalue weighted by Gasteiger charge is -2.29. The monoisotopic (exact) mass is 264 g/mol. The molecule has 1 aromatic rings. The molecule has 104 valence electrons. The number of amides is 1. The topological polar surface area (TPSA) is 86.8 Å². The third-order valence-electron chi connectivity index (χ3n) is 3.95. The minimum Gasteiger partial charge on any atom is -0.508 e. The summed E-state index contributed by atoms with van der Waals surface area (Å²) in [5.41, 5.74) is 5.94. The Bertz CT molecular complexity index is 476. The van der Waals surface area contributed by atoms with Gasteiger partial charge < -0.3 is 20.8 Å². The number of nitrogens with two attached hydrogens (primary N) is 1. The minimum atomic E-state index is -0.233. The number of aromatic hydroxyl groups is 2. The number of rotatable bonds is 3. The molecule has 0 heterocycles. The van der Waals surface area contributed by atoms with Crippen molar-refractivity contribution in [2.24, 2.45) is 11.7 Å². The normalized spacial score (nSPS) is 22.4. The molecule has 0 aromatic heterocycles. The molecular formula is C14H20N2O3. The van der Waals surface area contributed by atoms with E-state index < -0.39 is 0 Å². The molecule has 1 fully saturated rings. The average Bonchev–Trinajstić information content (AvgIpc) is 2.85. The van der Waals surface area contributed by atoms with Gasteiger partial charge in [0.1, 0.15) is 11.5 Å². The molecule has 0 bridgehead atoms. The van der Waals surface area contributed by atoms with Crippen molar-refractivity contribution in [3.63, 3.8) is 0 Å². The number of carbonyl (C=O) groups is 1. The molecule has 19 heavy (non-hydrogen) atoms. The number of nitrogens with zero attached hydrogens (tertiary/aromatic N) is 1. The maximum Gasteiger partial charge on any atom is 0.257 e. The molecule has 0 saturated heterocycles. The van der Waals surface area contributed by atoms with Crippen molar-refractivity contribution in [2.75, 3.05) is 13.6 Å². The fraction of sp³-hybridized carbons (Fsp3) is 0.500. The summed E-state index contributed by atoms with van der Waals surface area (Å²) in [6.07, 6.45) is 3.06. The van der Waals surface area contributed by atoms with Gasteiger partial charge in [-0.2, -0.15) is 0 Å². The smallest absolute Gasteiger partial charge is 0.257 e. The van der Waals surface area contributed by atoms with Crippen molar-refractivity contribution in [3.05, 3.63) is 23.8 Å². The molecule has 2 unspecified atom stereocenters. The summed E-state index contributed by atoms with van der Waals surface area (Å²) >= 11 is 0. The van der Waals surface area contributed by atoms with E-state index in [0.29, 0.717) is 12.5 Å². The summed E-state index contributed by atoms with van der Waals surface area (Å²) in [6.45, 7) is 0.573. The van der Waals surface area contributed by atoms with Gasteiger partial charge in [0.25, 0.3) is 5.91 Å². The number of hydrogen-bond donors (Lipinski definition) is 3. The van der Waals surface area contributed by atoms with Crippen molar-refractivity contribution < 1.29 is 15.0 Å². The standard InChI is InChI=1S/C14H20N2O3/c1-16(12-4-2-3-9(12)8-15)14(19)11-6-5-10(17)7-13(11)18/h5-7,9,12,17-18H,2-4,8,15H2,1H3. The molecule has 0 aliphatic heterocycles. The molecule has 1 amide bonds. The summed E-state index contributed by atoms with van der Waals surface area (Å²) in [4.78, 5) is 14.0. The lowest BCUT2D eigenvalue weighted by atomic mass is 10.0. The highest BCUT2D eigenvalue weighted by molar-refractivity contribution is 5.97. The maximum absolute atomic E-state index is 12.4. The van der Waals surface area contributed by atoms with Crippen molar-refractivity contribution in [2.45, 2.75) is 25.3 Å². The Labute approximate surface area is 112 Å². The SMILES string of the molecule is CN(C(=O)c1ccc(O)cc1O)C1CCCC1CN. The van der Waals surface area contributed by atoms with E-state index in [-0.39, 0.29) is 29.0 Å². The molecule has 0 spiro atoms. The van der Waals surface area contributed by atoms with Gasteiger partial charge in [0, 0.05) is 19.2 Å². The zero-order valence-electron chi connectivity index (χ0n) is 11.0. The van der Waals surface area contributed by atoms with Crippen molar-refractivity contribution in [1.29, 1.82) is 0 Å². The minimum absolute atomic E-state index is 0.0580.